The van der Waals surface area contributed by atoms with Crippen LogP contribution in [0.1, 0.15) is 11.1 Å². The van der Waals surface area contributed by atoms with Gasteiger partial charge in [-0.2, -0.15) is 5.26 Å². The van der Waals surface area contributed by atoms with Crippen molar-refractivity contribution in [3.63, 3.8) is 0 Å². The van der Waals surface area contributed by atoms with Gasteiger partial charge in [0.1, 0.15) is 5.82 Å². The van der Waals surface area contributed by atoms with E-state index in [1.807, 2.05) is 42.7 Å². The third-order valence-corrected chi connectivity index (χ3v) is 5.83. The Kier molecular flexibility index (Phi) is 5.30. The van der Waals surface area contributed by atoms with Crippen LogP contribution < -0.4 is 4.90 Å². The van der Waals surface area contributed by atoms with Gasteiger partial charge < -0.3 is 4.90 Å². The van der Waals surface area contributed by atoms with Gasteiger partial charge in [-0.3, -0.25) is 9.88 Å². The fourth-order valence-electron chi connectivity index (χ4n) is 4.19. The van der Waals surface area contributed by atoms with Crippen molar-refractivity contribution >= 4 is 16.7 Å². The molecule has 1 aliphatic heterocycles. The van der Waals surface area contributed by atoms with Crippen LogP contribution in [-0.2, 0) is 6.54 Å². The lowest BCUT2D eigenvalue weighted by Gasteiger charge is -2.35. The molecule has 152 valence electrons. The second-order valence-corrected chi connectivity index (χ2v) is 7.86. The number of anilines is 1. The molecule has 0 N–H and O–H groups in total. The number of piperazine rings is 1. The van der Waals surface area contributed by atoms with Gasteiger partial charge >= 0.3 is 0 Å². The van der Waals surface area contributed by atoms with E-state index in [-0.39, 0.29) is 0 Å². The number of nitriles is 1. The zero-order valence-corrected chi connectivity index (χ0v) is 17.3. The molecular weight excluding hydrogens is 382 g/mol. The van der Waals surface area contributed by atoms with Crippen LogP contribution >= 0.6 is 0 Å². The smallest absolute Gasteiger partial charge is 0.129 e. The number of benzene rings is 2. The first-order chi connectivity index (χ1) is 15.3. The molecule has 0 spiro atoms. The molecule has 5 nitrogen and oxygen atoms in total. The Bertz CT molecular complexity index is 1240. The number of fused-ring (bicyclic) bond motifs is 1. The van der Waals surface area contributed by atoms with E-state index in [2.05, 4.69) is 57.3 Å². The lowest BCUT2D eigenvalue weighted by Crippen LogP contribution is -2.46. The summed E-state index contributed by atoms with van der Waals surface area (Å²) in [7, 11) is 0. The van der Waals surface area contributed by atoms with Crippen molar-refractivity contribution in [2.45, 2.75) is 6.54 Å². The zero-order chi connectivity index (χ0) is 21.0. The van der Waals surface area contributed by atoms with Crippen molar-refractivity contribution in [3.05, 3.63) is 90.3 Å². The minimum Gasteiger partial charge on any atom is -0.354 e. The summed E-state index contributed by atoms with van der Waals surface area (Å²) in [6.45, 7) is 4.84. The van der Waals surface area contributed by atoms with Crippen molar-refractivity contribution in [1.82, 2.24) is 14.9 Å². The van der Waals surface area contributed by atoms with E-state index in [4.69, 9.17) is 4.98 Å². The molecule has 1 aliphatic rings. The van der Waals surface area contributed by atoms with Gasteiger partial charge in [0, 0.05) is 56.1 Å². The zero-order valence-electron chi connectivity index (χ0n) is 17.3. The van der Waals surface area contributed by atoms with Gasteiger partial charge in [0.05, 0.1) is 17.1 Å². The number of pyridine rings is 2. The number of hydrogen-bond acceptors (Lipinski definition) is 5. The first kappa shape index (κ1) is 19.2. The molecule has 0 aliphatic carbocycles. The highest BCUT2D eigenvalue weighted by Crippen LogP contribution is 2.30. The Hall–Kier alpha value is -3.75. The summed E-state index contributed by atoms with van der Waals surface area (Å²) in [5.74, 6) is 1.01. The van der Waals surface area contributed by atoms with Crippen LogP contribution in [0.2, 0.25) is 0 Å². The molecule has 31 heavy (non-hydrogen) atoms. The van der Waals surface area contributed by atoms with E-state index in [0.29, 0.717) is 5.56 Å². The number of para-hydroxylation sites is 1. The third-order valence-electron chi connectivity index (χ3n) is 5.83. The fourth-order valence-corrected chi connectivity index (χ4v) is 4.19. The van der Waals surface area contributed by atoms with Gasteiger partial charge in [-0.1, -0.05) is 36.4 Å². The quantitative estimate of drug-likeness (QED) is 0.501. The molecule has 0 radical (unpaired) electrons. The SMILES string of the molecule is N#Cc1cccc(-c2cccc3ccc(N4CCN(Cc5cccnc5)CC4)nc23)c1. The highest BCUT2D eigenvalue weighted by atomic mass is 15.3. The Labute approximate surface area is 182 Å². The molecule has 0 atom stereocenters. The van der Waals surface area contributed by atoms with Crippen LogP contribution in [0.25, 0.3) is 22.0 Å². The molecule has 2 aromatic heterocycles. The summed E-state index contributed by atoms with van der Waals surface area (Å²) in [5, 5.41) is 10.4. The summed E-state index contributed by atoms with van der Waals surface area (Å²) in [6.07, 6.45) is 3.76. The van der Waals surface area contributed by atoms with Crippen molar-refractivity contribution in [3.8, 4) is 17.2 Å². The van der Waals surface area contributed by atoms with Crippen molar-refractivity contribution in [1.29, 1.82) is 5.26 Å². The van der Waals surface area contributed by atoms with E-state index < -0.39 is 0 Å². The maximum Gasteiger partial charge on any atom is 0.129 e. The van der Waals surface area contributed by atoms with Crippen LogP contribution in [0.15, 0.2) is 79.1 Å². The fraction of sp³-hybridized carbons (Fsp3) is 0.192. The minimum atomic E-state index is 0.662. The Morgan fingerprint density at radius 1 is 0.903 bits per heavy atom. The Morgan fingerprint density at radius 3 is 2.58 bits per heavy atom. The summed E-state index contributed by atoms with van der Waals surface area (Å²) < 4.78 is 0. The van der Waals surface area contributed by atoms with E-state index in [1.54, 1.807) is 0 Å². The van der Waals surface area contributed by atoms with Crippen LogP contribution in [0, 0.1) is 11.3 Å². The number of hydrogen-bond donors (Lipinski definition) is 0. The number of rotatable bonds is 4. The van der Waals surface area contributed by atoms with Gasteiger partial charge in [0.15, 0.2) is 0 Å². The summed E-state index contributed by atoms with van der Waals surface area (Å²) in [4.78, 5) is 14.1. The van der Waals surface area contributed by atoms with Gasteiger partial charge in [-0.05, 0) is 41.5 Å². The number of nitrogens with zero attached hydrogens (tertiary/aromatic N) is 5. The monoisotopic (exact) mass is 405 g/mol. The summed E-state index contributed by atoms with van der Waals surface area (Å²) in [6, 6.07) is 24.6. The lowest BCUT2D eigenvalue weighted by molar-refractivity contribution is 0.249. The maximum absolute atomic E-state index is 9.27. The second kappa shape index (κ2) is 8.55. The first-order valence-electron chi connectivity index (χ1n) is 10.6. The molecule has 0 saturated carbocycles. The first-order valence-corrected chi connectivity index (χ1v) is 10.6. The summed E-state index contributed by atoms with van der Waals surface area (Å²) in [5.41, 5.74) is 4.98. The normalized spacial score (nSPS) is 14.5. The van der Waals surface area contributed by atoms with Crippen LogP contribution in [-0.4, -0.2) is 41.0 Å². The average molecular weight is 406 g/mol. The van der Waals surface area contributed by atoms with Crippen LogP contribution in [0.4, 0.5) is 5.82 Å². The predicted octanol–water partition coefficient (Wildman–Crippen LogP) is 4.49. The highest BCUT2D eigenvalue weighted by molar-refractivity contribution is 5.94. The molecule has 0 amide bonds. The molecule has 5 heteroatoms. The van der Waals surface area contributed by atoms with Crippen LogP contribution in [0.5, 0.6) is 0 Å². The molecule has 0 bridgehead atoms. The molecular formula is C26H23N5. The standard InChI is InChI=1S/C26H23N5/c27-17-20-4-1-7-23(16-20)24-8-2-6-22-9-10-25(29-26(22)24)31-14-12-30(13-15-31)19-21-5-3-11-28-18-21/h1-11,16,18H,12-15,19H2. The summed E-state index contributed by atoms with van der Waals surface area (Å²) >= 11 is 0. The van der Waals surface area contributed by atoms with Gasteiger partial charge in [0.25, 0.3) is 0 Å². The molecule has 4 aromatic rings. The predicted molar refractivity (Wildman–Crippen MR) is 124 cm³/mol. The van der Waals surface area contributed by atoms with Gasteiger partial charge in [0.2, 0.25) is 0 Å². The minimum absolute atomic E-state index is 0.662. The maximum atomic E-state index is 9.27. The lowest BCUT2D eigenvalue weighted by atomic mass is 10.0. The van der Waals surface area contributed by atoms with Crippen LogP contribution in [0.3, 0.4) is 0 Å². The largest absolute Gasteiger partial charge is 0.354 e. The van der Waals surface area contributed by atoms with E-state index in [1.165, 1.54) is 5.56 Å². The highest BCUT2D eigenvalue weighted by Gasteiger charge is 2.19. The van der Waals surface area contributed by atoms with Gasteiger partial charge in [-0.25, -0.2) is 4.98 Å². The average Bonchev–Trinajstić information content (AvgIpc) is 2.84. The number of aromatic nitrogens is 2. The molecule has 2 aromatic carbocycles. The van der Waals surface area contributed by atoms with E-state index in [0.717, 1.165) is 60.6 Å². The Morgan fingerprint density at radius 2 is 1.77 bits per heavy atom. The van der Waals surface area contributed by atoms with Gasteiger partial charge in [-0.15, -0.1) is 0 Å². The molecule has 0 unspecified atom stereocenters. The molecule has 5 rings (SSSR count). The van der Waals surface area contributed by atoms with Crippen molar-refractivity contribution in [2.24, 2.45) is 0 Å². The second-order valence-electron chi connectivity index (χ2n) is 7.86. The van der Waals surface area contributed by atoms with Crippen molar-refractivity contribution in [2.75, 3.05) is 31.1 Å². The molecule has 3 heterocycles. The topological polar surface area (TPSA) is 56.1 Å². The molecule has 1 saturated heterocycles. The van der Waals surface area contributed by atoms with Crippen molar-refractivity contribution < 1.29 is 0 Å². The Balaban J connectivity index is 1.38. The third kappa shape index (κ3) is 4.11. The van der Waals surface area contributed by atoms with E-state index >= 15 is 0 Å². The van der Waals surface area contributed by atoms with E-state index in [9.17, 15) is 5.26 Å². The molecule has 1 fully saturated rings.